The minimum atomic E-state index is -0.466. The molecule has 2 aromatic rings. The largest absolute Gasteiger partial charge is 0.312 e. The Balaban J connectivity index is 2.04. The normalized spacial score (nSPS) is 19.6. The smallest absolute Gasteiger partial charge is 0.130 e. The van der Waals surface area contributed by atoms with Gasteiger partial charge in [0.2, 0.25) is 0 Å². The fourth-order valence-corrected chi connectivity index (χ4v) is 4.22. The molecule has 1 nitrogen and oxygen atoms in total. The predicted octanol–water partition coefficient (Wildman–Crippen LogP) is 4.41. The molecule has 1 aromatic heterocycles. The van der Waals surface area contributed by atoms with Gasteiger partial charge >= 0.3 is 0 Å². The summed E-state index contributed by atoms with van der Waals surface area (Å²) in [5.74, 6) is -0.792. The van der Waals surface area contributed by atoms with E-state index in [4.69, 9.17) is 0 Å². The molecule has 1 aliphatic rings. The first-order chi connectivity index (χ1) is 9.72. The van der Waals surface area contributed by atoms with Crippen LogP contribution in [-0.2, 0) is 6.42 Å². The number of aryl methyl sites for hydroxylation is 1. The van der Waals surface area contributed by atoms with Gasteiger partial charge in [0.25, 0.3) is 0 Å². The van der Waals surface area contributed by atoms with Crippen LogP contribution >= 0.6 is 11.3 Å². The molecule has 1 heterocycles. The number of fused-ring (bicyclic) bond motifs is 1. The fourth-order valence-electron chi connectivity index (χ4n) is 3.22. The van der Waals surface area contributed by atoms with Crippen LogP contribution in [-0.4, -0.2) is 7.05 Å². The highest BCUT2D eigenvalue weighted by Gasteiger charge is 2.32. The molecular formula is C16H17F2NS. The summed E-state index contributed by atoms with van der Waals surface area (Å²) < 4.78 is 28.1. The van der Waals surface area contributed by atoms with E-state index in [0.29, 0.717) is 0 Å². The van der Waals surface area contributed by atoms with Gasteiger partial charge in [-0.1, -0.05) is 6.07 Å². The van der Waals surface area contributed by atoms with Crippen LogP contribution in [0.1, 0.15) is 40.8 Å². The molecule has 3 rings (SSSR count). The zero-order valence-electron chi connectivity index (χ0n) is 11.3. The van der Waals surface area contributed by atoms with E-state index < -0.39 is 11.6 Å². The van der Waals surface area contributed by atoms with Crippen molar-refractivity contribution >= 4 is 11.3 Å². The number of benzene rings is 1. The summed E-state index contributed by atoms with van der Waals surface area (Å²) >= 11 is 1.75. The van der Waals surface area contributed by atoms with Crippen LogP contribution in [0.25, 0.3) is 0 Å². The number of hydrogen-bond acceptors (Lipinski definition) is 2. The second-order valence-electron chi connectivity index (χ2n) is 5.20. The first-order valence-corrected chi connectivity index (χ1v) is 7.77. The van der Waals surface area contributed by atoms with Gasteiger partial charge in [-0.15, -0.1) is 11.3 Å². The molecule has 1 aliphatic carbocycles. The summed E-state index contributed by atoms with van der Waals surface area (Å²) in [4.78, 5) is 1.36. The standard InChI is InChI=1S/C16H17F2NS/c1-19-16(15-12(17)5-3-6-13(15)18)11-4-2-7-14-10(11)8-9-20-14/h3,5-6,8-9,11,16,19H,2,4,7H2,1H3. The molecule has 0 fully saturated rings. The van der Waals surface area contributed by atoms with Gasteiger partial charge in [0.15, 0.2) is 0 Å². The van der Waals surface area contributed by atoms with Crippen LogP contribution in [0.3, 0.4) is 0 Å². The van der Waals surface area contributed by atoms with Crippen molar-refractivity contribution in [2.45, 2.75) is 31.2 Å². The summed E-state index contributed by atoms with van der Waals surface area (Å²) in [6.07, 6.45) is 3.12. The van der Waals surface area contributed by atoms with Crippen LogP contribution < -0.4 is 5.32 Å². The Morgan fingerprint density at radius 1 is 1.25 bits per heavy atom. The highest BCUT2D eigenvalue weighted by molar-refractivity contribution is 7.10. The molecule has 0 amide bonds. The topological polar surface area (TPSA) is 12.0 Å². The fraction of sp³-hybridized carbons (Fsp3) is 0.375. The Kier molecular flexibility index (Phi) is 3.85. The number of hydrogen-bond donors (Lipinski definition) is 1. The van der Waals surface area contributed by atoms with Gasteiger partial charge < -0.3 is 5.32 Å². The lowest BCUT2D eigenvalue weighted by Gasteiger charge is -2.31. The minimum Gasteiger partial charge on any atom is -0.312 e. The second-order valence-corrected chi connectivity index (χ2v) is 6.20. The van der Waals surface area contributed by atoms with E-state index in [2.05, 4.69) is 16.8 Å². The molecular weight excluding hydrogens is 276 g/mol. The van der Waals surface area contributed by atoms with E-state index in [0.717, 1.165) is 19.3 Å². The van der Waals surface area contributed by atoms with E-state index in [9.17, 15) is 8.78 Å². The molecule has 1 N–H and O–H groups in total. The van der Waals surface area contributed by atoms with Gasteiger partial charge in [-0.05, 0) is 55.5 Å². The van der Waals surface area contributed by atoms with Crippen molar-refractivity contribution < 1.29 is 8.78 Å². The number of thiophene rings is 1. The molecule has 0 saturated carbocycles. The van der Waals surface area contributed by atoms with Crippen LogP contribution in [0, 0.1) is 11.6 Å². The van der Waals surface area contributed by atoms with Gasteiger partial charge in [-0.2, -0.15) is 0 Å². The number of halogens is 2. The maximum Gasteiger partial charge on any atom is 0.130 e. The zero-order valence-corrected chi connectivity index (χ0v) is 12.1. The highest BCUT2D eigenvalue weighted by atomic mass is 32.1. The van der Waals surface area contributed by atoms with Gasteiger partial charge in [0, 0.05) is 22.4 Å². The van der Waals surface area contributed by atoms with E-state index in [1.165, 1.54) is 28.6 Å². The Hall–Kier alpha value is -1.26. The molecule has 0 radical (unpaired) electrons. The Morgan fingerprint density at radius 2 is 2.00 bits per heavy atom. The molecule has 106 valence electrons. The lowest BCUT2D eigenvalue weighted by Crippen LogP contribution is -2.27. The number of rotatable bonds is 3. The quantitative estimate of drug-likeness (QED) is 0.884. The van der Waals surface area contributed by atoms with Gasteiger partial charge in [0.1, 0.15) is 11.6 Å². The third kappa shape index (κ3) is 2.27. The molecule has 1 aromatic carbocycles. The van der Waals surface area contributed by atoms with E-state index in [-0.39, 0.29) is 17.5 Å². The summed E-state index contributed by atoms with van der Waals surface area (Å²) in [7, 11) is 1.77. The summed E-state index contributed by atoms with van der Waals surface area (Å²) in [5.41, 5.74) is 1.42. The highest BCUT2D eigenvalue weighted by Crippen LogP contribution is 2.43. The molecule has 0 bridgehead atoms. The van der Waals surface area contributed by atoms with Crippen molar-refractivity contribution in [2.75, 3.05) is 7.05 Å². The van der Waals surface area contributed by atoms with Crippen molar-refractivity contribution in [3.8, 4) is 0 Å². The number of likely N-dealkylation sites (N-methyl/N-ethyl adjacent to an activating group) is 1. The molecule has 0 saturated heterocycles. The lowest BCUT2D eigenvalue weighted by molar-refractivity contribution is 0.397. The Bertz CT molecular complexity index is 588. The predicted molar refractivity (Wildman–Crippen MR) is 78.2 cm³/mol. The third-order valence-corrected chi connectivity index (χ3v) is 5.12. The summed E-state index contributed by atoms with van der Waals surface area (Å²) in [6, 6.07) is 5.87. The van der Waals surface area contributed by atoms with Crippen molar-refractivity contribution in [2.24, 2.45) is 0 Å². The summed E-state index contributed by atoms with van der Waals surface area (Å²) in [5, 5.41) is 5.20. The Labute approximate surface area is 121 Å². The van der Waals surface area contributed by atoms with Crippen LogP contribution in [0.2, 0.25) is 0 Å². The monoisotopic (exact) mass is 293 g/mol. The van der Waals surface area contributed by atoms with Gasteiger partial charge in [-0.25, -0.2) is 8.78 Å². The van der Waals surface area contributed by atoms with Crippen molar-refractivity contribution in [1.82, 2.24) is 5.32 Å². The maximum absolute atomic E-state index is 14.1. The van der Waals surface area contributed by atoms with Crippen LogP contribution in [0.5, 0.6) is 0 Å². The molecule has 20 heavy (non-hydrogen) atoms. The van der Waals surface area contributed by atoms with Crippen molar-refractivity contribution in [1.29, 1.82) is 0 Å². The third-order valence-electron chi connectivity index (χ3n) is 4.12. The van der Waals surface area contributed by atoms with E-state index in [1.54, 1.807) is 18.4 Å². The van der Waals surface area contributed by atoms with Crippen LogP contribution in [0.15, 0.2) is 29.6 Å². The first-order valence-electron chi connectivity index (χ1n) is 6.89. The minimum absolute atomic E-state index is 0.140. The van der Waals surface area contributed by atoms with Gasteiger partial charge in [-0.3, -0.25) is 0 Å². The molecule has 2 unspecified atom stereocenters. The van der Waals surface area contributed by atoms with Gasteiger partial charge in [0.05, 0.1) is 0 Å². The molecule has 4 heteroatoms. The second kappa shape index (κ2) is 5.62. The summed E-state index contributed by atoms with van der Waals surface area (Å²) in [6.45, 7) is 0. The zero-order chi connectivity index (χ0) is 14.1. The molecule has 0 spiro atoms. The molecule has 2 atom stereocenters. The van der Waals surface area contributed by atoms with E-state index >= 15 is 0 Å². The van der Waals surface area contributed by atoms with Crippen molar-refractivity contribution in [3.05, 3.63) is 57.3 Å². The average Bonchev–Trinajstić information content (AvgIpc) is 2.91. The average molecular weight is 293 g/mol. The van der Waals surface area contributed by atoms with E-state index in [1.807, 2.05) is 0 Å². The molecule has 0 aliphatic heterocycles. The maximum atomic E-state index is 14.1. The Morgan fingerprint density at radius 3 is 2.70 bits per heavy atom. The lowest BCUT2D eigenvalue weighted by atomic mass is 9.79. The van der Waals surface area contributed by atoms with Crippen LogP contribution in [0.4, 0.5) is 8.78 Å². The first kappa shape index (κ1) is 13.7. The SMILES string of the molecule is CNC(c1c(F)cccc1F)C1CCCc2sccc21. The van der Waals surface area contributed by atoms with Crippen molar-refractivity contribution in [3.63, 3.8) is 0 Å². The number of nitrogens with one attached hydrogen (secondary N) is 1.